The Balaban J connectivity index is 2.28. The van der Waals surface area contributed by atoms with Crippen molar-refractivity contribution in [3.63, 3.8) is 0 Å². The van der Waals surface area contributed by atoms with E-state index in [0.29, 0.717) is 0 Å². The Morgan fingerprint density at radius 3 is 2.67 bits per heavy atom. The standard InChI is InChI=1S/C16H20O2/c1-12(13-8-5-4-6-9-13)14-10-7-11-16(14,2)15(17)18-3/h4-6,8-9,14H,1,7,10-11H2,2-3H3/t14-,16+/m1/s1. The lowest BCUT2D eigenvalue weighted by Gasteiger charge is -2.30. The molecule has 0 unspecified atom stereocenters. The number of carbonyl (C=O) groups is 1. The molecule has 2 rings (SSSR count). The summed E-state index contributed by atoms with van der Waals surface area (Å²) in [5.74, 6) is 0.0782. The van der Waals surface area contributed by atoms with E-state index in [4.69, 9.17) is 4.74 Å². The molecule has 0 aliphatic heterocycles. The minimum atomic E-state index is -0.415. The second-order valence-electron chi connectivity index (χ2n) is 5.25. The average molecular weight is 244 g/mol. The SMILES string of the molecule is C=C(c1ccccc1)[C@H]1CCC[C@]1(C)C(=O)OC. The van der Waals surface area contributed by atoms with Crippen molar-refractivity contribution in [1.29, 1.82) is 0 Å². The highest BCUT2D eigenvalue weighted by Crippen LogP contribution is 2.49. The maximum absolute atomic E-state index is 12.0. The summed E-state index contributed by atoms with van der Waals surface area (Å²) in [5, 5.41) is 0. The summed E-state index contributed by atoms with van der Waals surface area (Å²) in [7, 11) is 1.47. The zero-order valence-electron chi connectivity index (χ0n) is 11.1. The molecule has 0 spiro atoms. The number of benzene rings is 1. The van der Waals surface area contributed by atoms with Crippen LogP contribution in [0.2, 0.25) is 0 Å². The number of hydrogen-bond donors (Lipinski definition) is 0. The van der Waals surface area contributed by atoms with Gasteiger partial charge in [0.05, 0.1) is 12.5 Å². The van der Waals surface area contributed by atoms with E-state index in [9.17, 15) is 4.79 Å². The fourth-order valence-corrected chi connectivity index (χ4v) is 3.06. The van der Waals surface area contributed by atoms with Gasteiger partial charge in [-0.15, -0.1) is 0 Å². The third-order valence-electron chi connectivity index (χ3n) is 4.17. The molecule has 1 aliphatic rings. The first-order chi connectivity index (χ1) is 8.59. The van der Waals surface area contributed by atoms with Crippen LogP contribution in [0.5, 0.6) is 0 Å². The molecule has 0 radical (unpaired) electrons. The van der Waals surface area contributed by atoms with E-state index in [1.54, 1.807) is 0 Å². The van der Waals surface area contributed by atoms with Gasteiger partial charge in [0.2, 0.25) is 0 Å². The van der Waals surface area contributed by atoms with Crippen LogP contribution in [0.1, 0.15) is 31.7 Å². The zero-order valence-corrected chi connectivity index (χ0v) is 11.1. The summed E-state index contributed by atoms with van der Waals surface area (Å²) in [5.41, 5.74) is 1.77. The Morgan fingerprint density at radius 1 is 1.39 bits per heavy atom. The first-order valence-corrected chi connectivity index (χ1v) is 6.42. The molecule has 1 aliphatic carbocycles. The Kier molecular flexibility index (Phi) is 3.55. The number of methoxy groups -OCH3 is 1. The lowest BCUT2D eigenvalue weighted by atomic mass is 9.74. The summed E-state index contributed by atoms with van der Waals surface area (Å²) >= 11 is 0. The molecule has 1 saturated carbocycles. The van der Waals surface area contributed by atoms with Gasteiger partial charge in [-0.1, -0.05) is 43.3 Å². The fourth-order valence-electron chi connectivity index (χ4n) is 3.06. The van der Waals surface area contributed by atoms with E-state index >= 15 is 0 Å². The number of carbonyl (C=O) groups excluding carboxylic acids is 1. The van der Waals surface area contributed by atoms with Crippen molar-refractivity contribution in [2.75, 3.05) is 7.11 Å². The minimum Gasteiger partial charge on any atom is -0.469 e. The Hall–Kier alpha value is -1.57. The molecule has 0 amide bonds. The molecular formula is C16H20O2. The van der Waals surface area contributed by atoms with Crippen LogP contribution in [-0.2, 0) is 9.53 Å². The van der Waals surface area contributed by atoms with Crippen LogP contribution in [0.15, 0.2) is 36.9 Å². The van der Waals surface area contributed by atoms with Gasteiger partial charge >= 0.3 is 5.97 Å². The van der Waals surface area contributed by atoms with Crippen molar-refractivity contribution in [2.24, 2.45) is 11.3 Å². The molecule has 0 saturated heterocycles. The number of ether oxygens (including phenoxy) is 1. The number of hydrogen-bond acceptors (Lipinski definition) is 2. The van der Waals surface area contributed by atoms with Gasteiger partial charge in [-0.2, -0.15) is 0 Å². The van der Waals surface area contributed by atoms with Gasteiger partial charge in [0.15, 0.2) is 0 Å². The zero-order chi connectivity index (χ0) is 13.2. The fraction of sp³-hybridized carbons (Fsp3) is 0.438. The average Bonchev–Trinajstić information content (AvgIpc) is 2.81. The molecule has 2 nitrogen and oxygen atoms in total. The second-order valence-corrected chi connectivity index (χ2v) is 5.25. The van der Waals surface area contributed by atoms with Crippen molar-refractivity contribution < 1.29 is 9.53 Å². The molecule has 2 atom stereocenters. The maximum atomic E-state index is 12.0. The third-order valence-corrected chi connectivity index (χ3v) is 4.17. The molecule has 0 N–H and O–H groups in total. The van der Waals surface area contributed by atoms with Crippen molar-refractivity contribution in [1.82, 2.24) is 0 Å². The molecule has 1 aromatic carbocycles. The Labute approximate surface area is 109 Å². The predicted molar refractivity (Wildman–Crippen MR) is 72.9 cm³/mol. The summed E-state index contributed by atoms with van der Waals surface area (Å²) in [4.78, 5) is 12.0. The van der Waals surface area contributed by atoms with Crippen molar-refractivity contribution in [3.8, 4) is 0 Å². The summed E-state index contributed by atoms with van der Waals surface area (Å²) in [6, 6.07) is 10.1. The molecule has 0 bridgehead atoms. The van der Waals surface area contributed by atoms with Crippen LogP contribution in [0, 0.1) is 11.3 Å². The van der Waals surface area contributed by atoms with Gasteiger partial charge in [0.25, 0.3) is 0 Å². The van der Waals surface area contributed by atoms with Crippen LogP contribution in [0.25, 0.3) is 5.57 Å². The molecule has 96 valence electrons. The monoisotopic (exact) mass is 244 g/mol. The molecule has 2 heteroatoms. The molecular weight excluding hydrogens is 224 g/mol. The normalized spacial score (nSPS) is 26.9. The summed E-state index contributed by atoms with van der Waals surface area (Å²) in [6.07, 6.45) is 2.96. The smallest absolute Gasteiger partial charge is 0.312 e. The molecule has 0 heterocycles. The molecule has 18 heavy (non-hydrogen) atoms. The lowest BCUT2D eigenvalue weighted by Crippen LogP contribution is -2.33. The van der Waals surface area contributed by atoms with Gasteiger partial charge in [-0.3, -0.25) is 4.79 Å². The maximum Gasteiger partial charge on any atom is 0.312 e. The molecule has 1 fully saturated rings. The lowest BCUT2D eigenvalue weighted by molar-refractivity contribution is -0.152. The first kappa shape index (κ1) is 12.9. The van der Waals surface area contributed by atoms with Gasteiger partial charge in [0.1, 0.15) is 0 Å². The molecule has 0 aromatic heterocycles. The number of allylic oxidation sites excluding steroid dienone is 1. The largest absolute Gasteiger partial charge is 0.469 e. The van der Waals surface area contributed by atoms with Crippen molar-refractivity contribution in [2.45, 2.75) is 26.2 Å². The van der Waals surface area contributed by atoms with Gasteiger partial charge in [-0.25, -0.2) is 0 Å². The number of esters is 1. The topological polar surface area (TPSA) is 26.3 Å². The van der Waals surface area contributed by atoms with E-state index in [1.165, 1.54) is 7.11 Å². The van der Waals surface area contributed by atoms with E-state index in [-0.39, 0.29) is 11.9 Å². The minimum absolute atomic E-state index is 0.109. The summed E-state index contributed by atoms with van der Waals surface area (Å²) < 4.78 is 4.97. The molecule has 1 aromatic rings. The quantitative estimate of drug-likeness (QED) is 0.758. The highest BCUT2D eigenvalue weighted by Gasteiger charge is 2.47. The van der Waals surface area contributed by atoms with Gasteiger partial charge < -0.3 is 4.74 Å². The van der Waals surface area contributed by atoms with Crippen LogP contribution in [0.3, 0.4) is 0 Å². The van der Waals surface area contributed by atoms with E-state index in [1.807, 2.05) is 25.1 Å². The van der Waals surface area contributed by atoms with Crippen LogP contribution < -0.4 is 0 Å². The summed E-state index contributed by atoms with van der Waals surface area (Å²) in [6.45, 7) is 6.22. The first-order valence-electron chi connectivity index (χ1n) is 6.42. The van der Waals surface area contributed by atoms with E-state index < -0.39 is 5.41 Å². The highest BCUT2D eigenvalue weighted by atomic mass is 16.5. The van der Waals surface area contributed by atoms with E-state index in [2.05, 4.69) is 18.7 Å². The predicted octanol–water partition coefficient (Wildman–Crippen LogP) is 3.68. The van der Waals surface area contributed by atoms with Crippen molar-refractivity contribution in [3.05, 3.63) is 42.5 Å². The number of rotatable bonds is 3. The second kappa shape index (κ2) is 4.97. The van der Waals surface area contributed by atoms with Crippen molar-refractivity contribution >= 4 is 11.5 Å². The van der Waals surface area contributed by atoms with Crippen LogP contribution >= 0.6 is 0 Å². The van der Waals surface area contributed by atoms with Gasteiger partial charge in [0, 0.05) is 0 Å². The third kappa shape index (κ3) is 2.07. The van der Waals surface area contributed by atoms with Crippen LogP contribution in [-0.4, -0.2) is 13.1 Å². The Bertz CT molecular complexity index is 449. The van der Waals surface area contributed by atoms with Gasteiger partial charge in [-0.05, 0) is 36.8 Å². The Morgan fingerprint density at radius 2 is 2.06 bits per heavy atom. The van der Waals surface area contributed by atoms with E-state index in [0.717, 1.165) is 30.4 Å². The van der Waals surface area contributed by atoms with Crippen LogP contribution in [0.4, 0.5) is 0 Å². The highest BCUT2D eigenvalue weighted by molar-refractivity contribution is 5.81.